The summed E-state index contributed by atoms with van der Waals surface area (Å²) in [4.78, 5) is 22.6. The highest BCUT2D eigenvalue weighted by Crippen LogP contribution is 2.03. The van der Waals surface area contributed by atoms with E-state index < -0.39 is 0 Å². The summed E-state index contributed by atoms with van der Waals surface area (Å²) in [5.41, 5.74) is 0.741. The first-order chi connectivity index (χ1) is 9.11. The van der Waals surface area contributed by atoms with E-state index in [1.54, 1.807) is 12.1 Å². The summed E-state index contributed by atoms with van der Waals surface area (Å²) in [7, 11) is 0. The van der Waals surface area contributed by atoms with Crippen molar-refractivity contribution in [2.24, 2.45) is 0 Å². The van der Waals surface area contributed by atoms with E-state index in [0.717, 1.165) is 5.56 Å². The molecule has 1 aromatic rings. The van der Waals surface area contributed by atoms with Crippen LogP contribution in [0, 0.1) is 5.82 Å². The Hall–Kier alpha value is -1.62. The molecule has 1 aromatic carbocycles. The molecule has 0 aliphatic rings. The van der Waals surface area contributed by atoms with Crippen LogP contribution in [0.2, 0.25) is 0 Å². The minimum absolute atomic E-state index is 0.136. The first-order valence-electron chi connectivity index (χ1n) is 5.95. The molecule has 0 radical (unpaired) electrons. The number of carbonyl (C=O) groups excluding carboxylic acids is 2. The Kier molecular flexibility index (Phi) is 6.89. The summed E-state index contributed by atoms with van der Waals surface area (Å²) in [5, 5.41) is 5.29. The molecular weight excluding hydrogens is 271 g/mol. The van der Waals surface area contributed by atoms with Crippen molar-refractivity contribution in [2.75, 3.05) is 19.0 Å². The van der Waals surface area contributed by atoms with Crippen molar-refractivity contribution in [3.63, 3.8) is 0 Å². The number of alkyl halides is 1. The third-order valence-corrected chi connectivity index (χ3v) is 2.56. The van der Waals surface area contributed by atoms with E-state index in [-0.39, 0.29) is 36.4 Å². The lowest BCUT2D eigenvalue weighted by Crippen LogP contribution is -2.35. The Labute approximate surface area is 116 Å². The van der Waals surface area contributed by atoms with Gasteiger partial charge in [-0.3, -0.25) is 9.59 Å². The van der Waals surface area contributed by atoms with Gasteiger partial charge in [0.25, 0.3) is 0 Å². The standard InChI is InChI=1S/C13H16ClFN2O2/c14-6-5-12(18)16-7-8-17-13(19)9-10-1-3-11(15)4-2-10/h1-4H,5-9H2,(H,16,18)(H,17,19). The lowest BCUT2D eigenvalue weighted by Gasteiger charge is -2.06. The van der Waals surface area contributed by atoms with Crippen LogP contribution in [0.5, 0.6) is 0 Å². The minimum Gasteiger partial charge on any atom is -0.354 e. The van der Waals surface area contributed by atoms with E-state index in [9.17, 15) is 14.0 Å². The molecule has 0 fully saturated rings. The summed E-state index contributed by atoms with van der Waals surface area (Å²) in [6.45, 7) is 0.721. The Morgan fingerprint density at radius 3 is 2.21 bits per heavy atom. The van der Waals surface area contributed by atoms with Crippen LogP contribution in [0.3, 0.4) is 0 Å². The third kappa shape index (κ3) is 6.76. The van der Waals surface area contributed by atoms with Gasteiger partial charge >= 0.3 is 0 Å². The maximum Gasteiger partial charge on any atom is 0.224 e. The number of rotatable bonds is 7. The summed E-state index contributed by atoms with van der Waals surface area (Å²) in [6.07, 6.45) is 0.459. The van der Waals surface area contributed by atoms with Crippen LogP contribution in [0.15, 0.2) is 24.3 Å². The monoisotopic (exact) mass is 286 g/mol. The predicted molar refractivity (Wildman–Crippen MR) is 71.5 cm³/mol. The highest BCUT2D eigenvalue weighted by atomic mass is 35.5. The Bertz CT molecular complexity index is 423. The molecule has 0 aliphatic carbocycles. The molecule has 0 aromatic heterocycles. The van der Waals surface area contributed by atoms with E-state index in [0.29, 0.717) is 13.1 Å². The molecule has 0 unspecified atom stereocenters. The zero-order chi connectivity index (χ0) is 14.1. The summed E-state index contributed by atoms with van der Waals surface area (Å²) in [6, 6.07) is 5.76. The van der Waals surface area contributed by atoms with Gasteiger partial charge in [0.1, 0.15) is 5.82 Å². The van der Waals surface area contributed by atoms with Crippen LogP contribution < -0.4 is 10.6 Å². The zero-order valence-electron chi connectivity index (χ0n) is 10.4. The molecule has 1 rings (SSSR count). The fraction of sp³-hybridized carbons (Fsp3) is 0.385. The molecule has 0 aliphatic heterocycles. The SMILES string of the molecule is O=C(CCCl)NCCNC(=O)Cc1ccc(F)cc1. The molecule has 0 bridgehead atoms. The van der Waals surface area contributed by atoms with E-state index in [1.807, 2.05) is 0 Å². The topological polar surface area (TPSA) is 58.2 Å². The number of carbonyl (C=O) groups is 2. The molecule has 19 heavy (non-hydrogen) atoms. The normalized spacial score (nSPS) is 10.0. The van der Waals surface area contributed by atoms with Gasteiger partial charge in [0.05, 0.1) is 6.42 Å². The molecule has 0 heterocycles. The van der Waals surface area contributed by atoms with Gasteiger partial charge in [-0.2, -0.15) is 0 Å². The van der Waals surface area contributed by atoms with Gasteiger partial charge in [0, 0.05) is 25.4 Å². The van der Waals surface area contributed by atoms with Gasteiger partial charge in [-0.25, -0.2) is 4.39 Å². The van der Waals surface area contributed by atoms with Gasteiger partial charge in [-0.1, -0.05) is 12.1 Å². The first-order valence-corrected chi connectivity index (χ1v) is 6.49. The highest BCUT2D eigenvalue weighted by molar-refractivity contribution is 6.18. The van der Waals surface area contributed by atoms with Crippen molar-refractivity contribution in [1.29, 1.82) is 0 Å². The summed E-state index contributed by atoms with van der Waals surface area (Å²) in [5.74, 6) is -0.352. The maximum absolute atomic E-state index is 12.7. The van der Waals surface area contributed by atoms with Gasteiger partial charge in [-0.05, 0) is 17.7 Å². The fourth-order valence-corrected chi connectivity index (χ4v) is 1.60. The number of halogens is 2. The summed E-state index contributed by atoms with van der Waals surface area (Å²) >= 11 is 5.40. The lowest BCUT2D eigenvalue weighted by molar-refractivity contribution is -0.122. The zero-order valence-corrected chi connectivity index (χ0v) is 11.2. The van der Waals surface area contributed by atoms with Crippen molar-refractivity contribution in [3.8, 4) is 0 Å². The van der Waals surface area contributed by atoms with Gasteiger partial charge in [-0.15, -0.1) is 11.6 Å². The van der Waals surface area contributed by atoms with Crippen molar-refractivity contribution in [3.05, 3.63) is 35.6 Å². The third-order valence-electron chi connectivity index (χ3n) is 2.37. The molecule has 0 saturated heterocycles. The average Bonchev–Trinajstić information content (AvgIpc) is 2.38. The van der Waals surface area contributed by atoms with Crippen LogP contribution in [0.1, 0.15) is 12.0 Å². The van der Waals surface area contributed by atoms with Crippen LogP contribution >= 0.6 is 11.6 Å². The second-order valence-corrected chi connectivity index (χ2v) is 4.32. The van der Waals surface area contributed by atoms with Gasteiger partial charge < -0.3 is 10.6 Å². The second kappa shape index (κ2) is 8.48. The Balaban J connectivity index is 2.18. The fourth-order valence-electron chi connectivity index (χ4n) is 1.43. The Morgan fingerprint density at radius 2 is 1.63 bits per heavy atom. The van der Waals surface area contributed by atoms with Gasteiger partial charge in [0.15, 0.2) is 0 Å². The molecule has 2 amide bonds. The highest BCUT2D eigenvalue weighted by Gasteiger charge is 2.03. The number of amides is 2. The largest absolute Gasteiger partial charge is 0.354 e. The van der Waals surface area contributed by atoms with E-state index in [1.165, 1.54) is 12.1 Å². The smallest absolute Gasteiger partial charge is 0.224 e. The predicted octanol–water partition coefficient (Wildman–Crippen LogP) is 1.23. The van der Waals surface area contributed by atoms with Crippen molar-refractivity contribution in [2.45, 2.75) is 12.8 Å². The molecule has 0 atom stereocenters. The molecule has 6 heteroatoms. The molecule has 104 valence electrons. The van der Waals surface area contributed by atoms with Crippen molar-refractivity contribution in [1.82, 2.24) is 10.6 Å². The Morgan fingerprint density at radius 1 is 1.05 bits per heavy atom. The molecule has 0 spiro atoms. The van der Waals surface area contributed by atoms with E-state index >= 15 is 0 Å². The van der Waals surface area contributed by atoms with Gasteiger partial charge in [0.2, 0.25) is 11.8 Å². The number of hydrogen-bond donors (Lipinski definition) is 2. The quantitative estimate of drug-likeness (QED) is 0.585. The maximum atomic E-state index is 12.7. The molecule has 4 nitrogen and oxygen atoms in total. The van der Waals surface area contributed by atoms with Crippen LogP contribution in [0.25, 0.3) is 0 Å². The lowest BCUT2D eigenvalue weighted by atomic mass is 10.1. The van der Waals surface area contributed by atoms with Crippen LogP contribution in [-0.2, 0) is 16.0 Å². The van der Waals surface area contributed by atoms with Crippen LogP contribution in [-0.4, -0.2) is 30.8 Å². The first kappa shape index (κ1) is 15.4. The number of benzene rings is 1. The second-order valence-electron chi connectivity index (χ2n) is 3.94. The number of hydrogen-bond acceptors (Lipinski definition) is 2. The molecule has 2 N–H and O–H groups in total. The number of nitrogens with one attached hydrogen (secondary N) is 2. The van der Waals surface area contributed by atoms with Crippen molar-refractivity contribution >= 4 is 23.4 Å². The van der Waals surface area contributed by atoms with Crippen LogP contribution in [0.4, 0.5) is 4.39 Å². The van der Waals surface area contributed by atoms with Crippen molar-refractivity contribution < 1.29 is 14.0 Å². The minimum atomic E-state index is -0.328. The summed E-state index contributed by atoms with van der Waals surface area (Å²) < 4.78 is 12.7. The molecular formula is C13H16ClFN2O2. The van der Waals surface area contributed by atoms with E-state index in [4.69, 9.17) is 11.6 Å². The molecule has 0 saturated carbocycles. The average molecular weight is 287 g/mol. The van der Waals surface area contributed by atoms with E-state index in [2.05, 4.69) is 10.6 Å².